The molecule has 78 valence electrons. The fourth-order valence-corrected chi connectivity index (χ4v) is 1.57. The van der Waals surface area contributed by atoms with E-state index in [0.29, 0.717) is 6.02 Å². The predicted octanol–water partition coefficient (Wildman–Crippen LogP) is 1.40. The van der Waals surface area contributed by atoms with Gasteiger partial charge in [-0.25, -0.2) is 9.98 Å². The lowest BCUT2D eigenvalue weighted by Crippen LogP contribution is -2.26. The van der Waals surface area contributed by atoms with Crippen LogP contribution in [0, 0.1) is 0 Å². The highest BCUT2D eigenvalue weighted by atomic mass is 16.5. The third-order valence-corrected chi connectivity index (χ3v) is 2.45. The Labute approximate surface area is 84.0 Å². The Morgan fingerprint density at radius 3 is 2.86 bits per heavy atom. The van der Waals surface area contributed by atoms with Crippen LogP contribution in [-0.2, 0) is 9.47 Å². The molecule has 0 N–H and O–H groups in total. The summed E-state index contributed by atoms with van der Waals surface area (Å²) in [6, 6.07) is 0.570. The molecular formula is C10H16N2O2. The summed E-state index contributed by atoms with van der Waals surface area (Å²) in [6.45, 7) is 4.41. The van der Waals surface area contributed by atoms with Crippen molar-refractivity contribution in [3.05, 3.63) is 0 Å². The van der Waals surface area contributed by atoms with Crippen LogP contribution < -0.4 is 0 Å². The highest BCUT2D eigenvalue weighted by Crippen LogP contribution is 2.12. The normalized spacial score (nSPS) is 24.1. The van der Waals surface area contributed by atoms with E-state index in [9.17, 15) is 0 Å². The van der Waals surface area contributed by atoms with Gasteiger partial charge in [0.1, 0.15) is 6.10 Å². The molecule has 0 unspecified atom stereocenters. The Balaban J connectivity index is 1.87. The van der Waals surface area contributed by atoms with Crippen molar-refractivity contribution in [2.45, 2.75) is 32.3 Å². The molecule has 1 saturated heterocycles. The Bertz CT molecular complexity index is 255. The fourth-order valence-electron chi connectivity index (χ4n) is 1.57. The topological polar surface area (TPSA) is 43.2 Å². The smallest absolute Gasteiger partial charge is 0.311 e. The number of hydrogen-bond donors (Lipinski definition) is 0. The minimum atomic E-state index is 0.247. The van der Waals surface area contributed by atoms with Crippen LogP contribution in [0.3, 0.4) is 0 Å². The van der Waals surface area contributed by atoms with Gasteiger partial charge in [-0.2, -0.15) is 0 Å². The van der Waals surface area contributed by atoms with Crippen molar-refractivity contribution in [2.24, 2.45) is 9.98 Å². The van der Waals surface area contributed by atoms with Crippen molar-refractivity contribution in [1.29, 1.82) is 0 Å². The van der Waals surface area contributed by atoms with Crippen molar-refractivity contribution >= 4 is 11.7 Å². The van der Waals surface area contributed by atoms with Crippen LogP contribution in [0.25, 0.3) is 0 Å². The van der Waals surface area contributed by atoms with Crippen LogP contribution >= 0.6 is 0 Å². The van der Waals surface area contributed by atoms with Gasteiger partial charge < -0.3 is 9.47 Å². The van der Waals surface area contributed by atoms with Crippen molar-refractivity contribution in [3.8, 4) is 0 Å². The molecule has 14 heavy (non-hydrogen) atoms. The fraction of sp³-hybridized carbons (Fsp3) is 0.800. The van der Waals surface area contributed by atoms with Crippen LogP contribution in [0.5, 0.6) is 0 Å². The summed E-state index contributed by atoms with van der Waals surface area (Å²) < 4.78 is 10.9. The minimum Gasteiger partial charge on any atom is -0.460 e. The number of rotatable bonds is 1. The zero-order valence-corrected chi connectivity index (χ0v) is 8.53. The van der Waals surface area contributed by atoms with Gasteiger partial charge >= 0.3 is 6.02 Å². The van der Waals surface area contributed by atoms with Crippen molar-refractivity contribution in [2.75, 3.05) is 19.8 Å². The highest BCUT2D eigenvalue weighted by molar-refractivity contribution is 5.95. The Kier molecular flexibility index (Phi) is 3.14. The quantitative estimate of drug-likeness (QED) is 0.636. The van der Waals surface area contributed by atoms with Gasteiger partial charge in [-0.1, -0.05) is 0 Å². The van der Waals surface area contributed by atoms with E-state index in [1.54, 1.807) is 0 Å². The van der Waals surface area contributed by atoms with Gasteiger partial charge in [0.15, 0.2) is 0 Å². The first kappa shape index (κ1) is 9.65. The summed E-state index contributed by atoms with van der Waals surface area (Å²) >= 11 is 0. The average Bonchev–Trinajstić information content (AvgIpc) is 2.19. The lowest BCUT2D eigenvalue weighted by atomic mass is 10.2. The number of nitrogens with zero attached hydrogens (tertiary/aromatic N) is 2. The first-order valence-electron chi connectivity index (χ1n) is 5.17. The van der Waals surface area contributed by atoms with Crippen LogP contribution in [0.1, 0.15) is 26.2 Å². The molecule has 0 aromatic rings. The van der Waals surface area contributed by atoms with E-state index in [1.807, 2.05) is 6.92 Å². The van der Waals surface area contributed by atoms with E-state index in [2.05, 4.69) is 9.98 Å². The van der Waals surface area contributed by atoms with Gasteiger partial charge in [-0.15, -0.1) is 0 Å². The van der Waals surface area contributed by atoms with Gasteiger partial charge in [0.2, 0.25) is 0 Å². The van der Waals surface area contributed by atoms with Crippen molar-refractivity contribution < 1.29 is 9.47 Å². The Hall–Kier alpha value is -0.900. The van der Waals surface area contributed by atoms with E-state index in [0.717, 1.165) is 44.7 Å². The van der Waals surface area contributed by atoms with Gasteiger partial charge in [-0.05, 0) is 6.92 Å². The summed E-state index contributed by atoms with van der Waals surface area (Å²) in [7, 11) is 0. The number of aliphatic imine (C=N–C) groups is 2. The maximum absolute atomic E-state index is 5.69. The van der Waals surface area contributed by atoms with Gasteiger partial charge in [0.25, 0.3) is 0 Å². The highest BCUT2D eigenvalue weighted by Gasteiger charge is 2.17. The van der Waals surface area contributed by atoms with E-state index in [1.165, 1.54) is 0 Å². The first-order chi connectivity index (χ1) is 6.84. The molecule has 0 saturated carbocycles. The predicted molar refractivity (Wildman–Crippen MR) is 55.0 cm³/mol. The molecule has 0 spiro atoms. The Morgan fingerprint density at radius 2 is 2.14 bits per heavy atom. The molecule has 2 heterocycles. The van der Waals surface area contributed by atoms with E-state index < -0.39 is 0 Å². The second kappa shape index (κ2) is 4.55. The lowest BCUT2D eigenvalue weighted by molar-refractivity contribution is 0.0194. The van der Waals surface area contributed by atoms with Crippen LogP contribution in [-0.4, -0.2) is 37.6 Å². The second-order valence-electron chi connectivity index (χ2n) is 3.69. The van der Waals surface area contributed by atoms with Gasteiger partial charge in [0.05, 0.1) is 13.2 Å². The van der Waals surface area contributed by atoms with E-state index in [4.69, 9.17) is 9.47 Å². The molecule has 4 heteroatoms. The summed E-state index contributed by atoms with van der Waals surface area (Å²) in [6.07, 6.45) is 3.11. The molecule has 0 bridgehead atoms. The maximum Gasteiger partial charge on any atom is 0.311 e. The molecule has 0 aliphatic carbocycles. The molecule has 4 nitrogen and oxygen atoms in total. The number of ether oxygens (including phenoxy) is 2. The summed E-state index contributed by atoms with van der Waals surface area (Å²) in [5, 5.41) is 0. The molecule has 1 fully saturated rings. The van der Waals surface area contributed by atoms with Crippen molar-refractivity contribution in [1.82, 2.24) is 0 Å². The third-order valence-electron chi connectivity index (χ3n) is 2.45. The maximum atomic E-state index is 5.69. The van der Waals surface area contributed by atoms with Crippen LogP contribution in [0.15, 0.2) is 9.98 Å². The van der Waals surface area contributed by atoms with Gasteiger partial charge in [-0.3, -0.25) is 0 Å². The molecule has 2 rings (SSSR count). The zero-order valence-electron chi connectivity index (χ0n) is 8.53. The number of amidine groups is 1. The van der Waals surface area contributed by atoms with Crippen LogP contribution in [0.2, 0.25) is 0 Å². The molecular weight excluding hydrogens is 180 g/mol. The average molecular weight is 196 g/mol. The number of hydrogen-bond acceptors (Lipinski definition) is 4. The van der Waals surface area contributed by atoms with Gasteiger partial charge in [0, 0.05) is 31.5 Å². The summed E-state index contributed by atoms with van der Waals surface area (Å²) in [4.78, 5) is 8.52. The second-order valence-corrected chi connectivity index (χ2v) is 3.69. The largest absolute Gasteiger partial charge is 0.460 e. The lowest BCUT2D eigenvalue weighted by Gasteiger charge is -2.23. The molecule has 2 aliphatic heterocycles. The first-order valence-corrected chi connectivity index (χ1v) is 5.17. The molecule has 0 aromatic heterocycles. The summed E-state index contributed by atoms with van der Waals surface area (Å²) in [5.74, 6) is 0. The minimum absolute atomic E-state index is 0.247. The monoisotopic (exact) mass is 196 g/mol. The van der Waals surface area contributed by atoms with Crippen LogP contribution in [0.4, 0.5) is 0 Å². The molecule has 2 aliphatic rings. The standard InChI is InChI=1S/C10H16N2O2/c1-8-2-5-11-10(12-8)14-9-3-6-13-7-4-9/h9H,2-7H2,1H3. The van der Waals surface area contributed by atoms with E-state index >= 15 is 0 Å². The molecule has 0 aromatic carbocycles. The van der Waals surface area contributed by atoms with Crippen molar-refractivity contribution in [3.63, 3.8) is 0 Å². The zero-order chi connectivity index (χ0) is 9.80. The third kappa shape index (κ3) is 2.54. The SMILES string of the molecule is CC1=NC(OC2CCOCC2)=NCC1. The Morgan fingerprint density at radius 1 is 1.36 bits per heavy atom. The molecule has 0 radical (unpaired) electrons. The van der Waals surface area contributed by atoms with E-state index in [-0.39, 0.29) is 6.10 Å². The molecule has 0 atom stereocenters. The summed E-state index contributed by atoms with van der Waals surface area (Å²) in [5.41, 5.74) is 1.11. The molecule has 0 amide bonds.